The Balaban J connectivity index is 2.15. The summed E-state index contributed by atoms with van der Waals surface area (Å²) in [5, 5.41) is 2.83. The molecule has 6 heteroatoms. The van der Waals surface area contributed by atoms with Gasteiger partial charge in [0.1, 0.15) is 5.60 Å². The number of benzene rings is 1. The van der Waals surface area contributed by atoms with E-state index in [0.29, 0.717) is 4.90 Å². The van der Waals surface area contributed by atoms with Crippen molar-refractivity contribution in [3.8, 4) is 0 Å². The van der Waals surface area contributed by atoms with Gasteiger partial charge in [0.15, 0.2) is 9.84 Å². The highest BCUT2D eigenvalue weighted by molar-refractivity contribution is 7.91. The van der Waals surface area contributed by atoms with Crippen molar-refractivity contribution in [2.45, 2.75) is 69.4 Å². The maximum absolute atomic E-state index is 12.8. The first-order valence-corrected chi connectivity index (χ1v) is 10.6. The van der Waals surface area contributed by atoms with Gasteiger partial charge in [-0.3, -0.25) is 0 Å². The maximum Gasteiger partial charge on any atom is 0.407 e. The predicted octanol–water partition coefficient (Wildman–Crippen LogP) is 3.93. The zero-order valence-corrected chi connectivity index (χ0v) is 16.1. The van der Waals surface area contributed by atoms with E-state index in [1.54, 1.807) is 51.1 Å². The molecule has 0 spiro atoms. The lowest BCUT2D eigenvalue weighted by molar-refractivity contribution is 0.0485. The third kappa shape index (κ3) is 6.34. The molecular formula is C19H29NO4S. The molecule has 0 saturated heterocycles. The van der Waals surface area contributed by atoms with Crippen molar-refractivity contribution in [1.82, 2.24) is 5.32 Å². The number of carbonyl (C=O) groups is 1. The van der Waals surface area contributed by atoms with Crippen molar-refractivity contribution >= 4 is 15.9 Å². The maximum atomic E-state index is 12.8. The SMILES string of the molecule is CC(C)(C)OC(=O)N[C@@H](CS(=O)(=O)c1ccccc1)C1CCCCC1. The molecule has 140 valence electrons. The molecule has 1 aliphatic carbocycles. The summed E-state index contributed by atoms with van der Waals surface area (Å²) < 4.78 is 30.9. The number of carbonyl (C=O) groups excluding carboxylic acids is 1. The molecule has 0 heterocycles. The fraction of sp³-hybridized carbons (Fsp3) is 0.632. The molecule has 1 aromatic carbocycles. The first-order valence-electron chi connectivity index (χ1n) is 8.95. The van der Waals surface area contributed by atoms with Crippen LogP contribution in [0.3, 0.4) is 0 Å². The Morgan fingerprint density at radius 2 is 1.76 bits per heavy atom. The molecule has 1 fully saturated rings. The summed E-state index contributed by atoms with van der Waals surface area (Å²) in [7, 11) is -3.47. The molecule has 0 unspecified atom stereocenters. The normalized spacial score (nSPS) is 17.7. The molecule has 1 saturated carbocycles. The molecule has 5 nitrogen and oxygen atoms in total. The lowest BCUT2D eigenvalue weighted by Crippen LogP contribution is -2.47. The van der Waals surface area contributed by atoms with Crippen molar-refractivity contribution < 1.29 is 17.9 Å². The third-order valence-corrected chi connectivity index (χ3v) is 6.21. The van der Waals surface area contributed by atoms with E-state index in [1.807, 2.05) is 0 Å². The van der Waals surface area contributed by atoms with Gasteiger partial charge in [-0.2, -0.15) is 0 Å². The van der Waals surface area contributed by atoms with Gasteiger partial charge in [0.2, 0.25) is 0 Å². The van der Waals surface area contributed by atoms with Crippen molar-refractivity contribution in [2.75, 3.05) is 5.75 Å². The van der Waals surface area contributed by atoms with Crippen LogP contribution in [0.25, 0.3) is 0 Å². The predicted molar refractivity (Wildman–Crippen MR) is 98.2 cm³/mol. The second-order valence-corrected chi connectivity index (χ2v) is 9.78. The molecule has 2 rings (SSSR count). The average molecular weight is 368 g/mol. The van der Waals surface area contributed by atoms with Crippen LogP contribution < -0.4 is 5.32 Å². The Hall–Kier alpha value is -1.56. The minimum Gasteiger partial charge on any atom is -0.444 e. The first kappa shape index (κ1) is 19.8. The minimum atomic E-state index is -3.47. The van der Waals surface area contributed by atoms with Crippen molar-refractivity contribution in [2.24, 2.45) is 5.92 Å². The van der Waals surface area contributed by atoms with Crippen LogP contribution in [0.5, 0.6) is 0 Å². The topological polar surface area (TPSA) is 72.5 Å². The van der Waals surface area contributed by atoms with E-state index in [2.05, 4.69) is 5.32 Å². The van der Waals surface area contributed by atoms with E-state index >= 15 is 0 Å². The molecule has 25 heavy (non-hydrogen) atoms. The van der Waals surface area contributed by atoms with Crippen LogP contribution in [0.4, 0.5) is 4.79 Å². The molecule has 0 aliphatic heterocycles. The molecule has 1 aromatic rings. The molecule has 1 atom stereocenters. The van der Waals surface area contributed by atoms with Gasteiger partial charge in [-0.15, -0.1) is 0 Å². The quantitative estimate of drug-likeness (QED) is 0.856. The van der Waals surface area contributed by atoms with Gasteiger partial charge >= 0.3 is 6.09 Å². The van der Waals surface area contributed by atoms with Crippen LogP contribution in [0.2, 0.25) is 0 Å². The lowest BCUT2D eigenvalue weighted by Gasteiger charge is -2.31. The van der Waals surface area contributed by atoms with Gasteiger partial charge in [0.25, 0.3) is 0 Å². The average Bonchev–Trinajstić information content (AvgIpc) is 2.54. The van der Waals surface area contributed by atoms with Crippen LogP contribution in [-0.4, -0.2) is 31.9 Å². The summed E-state index contributed by atoms with van der Waals surface area (Å²) in [5.41, 5.74) is -0.612. The fourth-order valence-corrected chi connectivity index (χ4v) is 4.84. The Morgan fingerprint density at radius 3 is 2.32 bits per heavy atom. The summed E-state index contributed by atoms with van der Waals surface area (Å²) in [5.74, 6) is 0.0701. The largest absolute Gasteiger partial charge is 0.444 e. The monoisotopic (exact) mass is 367 g/mol. The van der Waals surface area contributed by atoms with Crippen LogP contribution >= 0.6 is 0 Å². The molecule has 1 aliphatic rings. The number of alkyl carbamates (subject to hydrolysis) is 1. The summed E-state index contributed by atoms with van der Waals surface area (Å²) in [6, 6.07) is 7.98. The number of ether oxygens (including phenoxy) is 1. The fourth-order valence-electron chi connectivity index (χ4n) is 3.25. The number of rotatable bonds is 5. The molecule has 1 N–H and O–H groups in total. The van der Waals surface area contributed by atoms with Gasteiger partial charge in [-0.25, -0.2) is 13.2 Å². The van der Waals surface area contributed by atoms with Gasteiger partial charge in [0, 0.05) is 6.04 Å². The van der Waals surface area contributed by atoms with Crippen LogP contribution in [0.15, 0.2) is 35.2 Å². The Morgan fingerprint density at radius 1 is 1.16 bits per heavy atom. The van der Waals surface area contributed by atoms with Crippen LogP contribution in [-0.2, 0) is 14.6 Å². The Bertz CT molecular complexity index is 658. The smallest absolute Gasteiger partial charge is 0.407 e. The highest BCUT2D eigenvalue weighted by Gasteiger charge is 2.31. The third-order valence-electron chi connectivity index (χ3n) is 4.42. The second-order valence-electron chi connectivity index (χ2n) is 7.75. The van der Waals surface area contributed by atoms with Gasteiger partial charge in [-0.05, 0) is 51.7 Å². The summed E-state index contributed by atoms with van der Waals surface area (Å²) in [4.78, 5) is 12.5. The summed E-state index contributed by atoms with van der Waals surface area (Å²) in [6.45, 7) is 5.38. The zero-order chi connectivity index (χ0) is 18.5. The second kappa shape index (κ2) is 8.21. The van der Waals surface area contributed by atoms with E-state index in [0.717, 1.165) is 25.7 Å². The van der Waals surface area contributed by atoms with E-state index in [9.17, 15) is 13.2 Å². The standard InChI is InChI=1S/C19H29NO4S/c1-19(2,3)24-18(21)20-17(15-10-6-4-7-11-15)14-25(22,23)16-12-8-5-9-13-16/h5,8-9,12-13,15,17H,4,6-7,10-11,14H2,1-3H3,(H,20,21)/t17-/m0/s1. The van der Waals surface area contributed by atoms with Crippen molar-refractivity contribution in [3.63, 3.8) is 0 Å². The van der Waals surface area contributed by atoms with Gasteiger partial charge in [-0.1, -0.05) is 37.5 Å². The molecule has 0 radical (unpaired) electrons. The van der Waals surface area contributed by atoms with Gasteiger partial charge < -0.3 is 10.1 Å². The minimum absolute atomic E-state index is 0.0963. The molecular weight excluding hydrogens is 338 g/mol. The Labute approximate surface area is 151 Å². The molecule has 1 amide bonds. The zero-order valence-electron chi connectivity index (χ0n) is 15.3. The summed E-state index contributed by atoms with van der Waals surface area (Å²) in [6.07, 6.45) is 4.63. The lowest BCUT2D eigenvalue weighted by atomic mass is 9.84. The van der Waals surface area contributed by atoms with Crippen LogP contribution in [0.1, 0.15) is 52.9 Å². The first-order chi connectivity index (χ1) is 11.7. The summed E-state index contributed by atoms with van der Waals surface area (Å²) >= 11 is 0. The van der Waals surface area contributed by atoms with Crippen molar-refractivity contribution in [1.29, 1.82) is 0 Å². The Kier molecular flexibility index (Phi) is 6.49. The van der Waals surface area contributed by atoms with E-state index in [-0.39, 0.29) is 11.7 Å². The number of hydrogen-bond donors (Lipinski definition) is 1. The highest BCUT2D eigenvalue weighted by Crippen LogP contribution is 2.28. The highest BCUT2D eigenvalue weighted by atomic mass is 32.2. The number of hydrogen-bond acceptors (Lipinski definition) is 4. The van der Waals surface area contributed by atoms with Crippen LogP contribution in [0, 0.1) is 5.92 Å². The van der Waals surface area contributed by atoms with E-state index < -0.39 is 27.6 Å². The van der Waals surface area contributed by atoms with E-state index in [4.69, 9.17) is 4.74 Å². The molecule has 0 bridgehead atoms. The molecule has 0 aromatic heterocycles. The number of amides is 1. The number of sulfone groups is 1. The van der Waals surface area contributed by atoms with E-state index in [1.165, 1.54) is 6.42 Å². The van der Waals surface area contributed by atoms with Crippen molar-refractivity contribution in [3.05, 3.63) is 30.3 Å². The number of nitrogens with one attached hydrogen (secondary N) is 1. The van der Waals surface area contributed by atoms with Gasteiger partial charge in [0.05, 0.1) is 10.6 Å².